The standard InChI is InChI=1S/C11H7F6NO/c12-10(13,14)6-3-1-5-2-4-7(19)18-9(5)8(6)11(15,16)17/h1,3H,2,4H2,(H,18,19). The van der Waals surface area contributed by atoms with Gasteiger partial charge >= 0.3 is 12.4 Å². The summed E-state index contributed by atoms with van der Waals surface area (Å²) in [5, 5.41) is 1.89. The molecule has 0 aromatic heterocycles. The Morgan fingerprint density at radius 2 is 1.58 bits per heavy atom. The van der Waals surface area contributed by atoms with E-state index < -0.39 is 35.1 Å². The Balaban J connectivity index is 2.73. The summed E-state index contributed by atoms with van der Waals surface area (Å²) in [5.74, 6) is -0.725. The molecule has 1 aliphatic heterocycles. The highest BCUT2D eigenvalue weighted by molar-refractivity contribution is 5.95. The third-order valence-corrected chi connectivity index (χ3v) is 2.77. The highest BCUT2D eigenvalue weighted by Crippen LogP contribution is 2.46. The van der Waals surface area contributed by atoms with E-state index in [4.69, 9.17) is 0 Å². The van der Waals surface area contributed by atoms with Crippen LogP contribution < -0.4 is 5.32 Å². The van der Waals surface area contributed by atoms with Gasteiger partial charge in [-0.1, -0.05) is 6.07 Å². The number of rotatable bonds is 0. The van der Waals surface area contributed by atoms with Crippen molar-refractivity contribution in [3.05, 3.63) is 28.8 Å². The number of hydrogen-bond acceptors (Lipinski definition) is 1. The average molecular weight is 283 g/mol. The number of amides is 1. The number of carbonyl (C=O) groups is 1. The van der Waals surface area contributed by atoms with Crippen molar-refractivity contribution in [2.45, 2.75) is 25.2 Å². The number of halogens is 6. The van der Waals surface area contributed by atoms with Crippen LogP contribution in [0.5, 0.6) is 0 Å². The smallest absolute Gasteiger partial charge is 0.325 e. The van der Waals surface area contributed by atoms with Crippen LogP contribution in [0.1, 0.15) is 23.1 Å². The Hall–Kier alpha value is -1.73. The number of alkyl halides is 6. The maximum atomic E-state index is 12.8. The van der Waals surface area contributed by atoms with Crippen molar-refractivity contribution >= 4 is 11.6 Å². The van der Waals surface area contributed by atoms with E-state index >= 15 is 0 Å². The Kier molecular flexibility index (Phi) is 2.98. The Labute approximate surface area is 103 Å². The molecule has 2 rings (SSSR count). The fourth-order valence-corrected chi connectivity index (χ4v) is 1.98. The van der Waals surface area contributed by atoms with Crippen molar-refractivity contribution in [3.63, 3.8) is 0 Å². The van der Waals surface area contributed by atoms with Gasteiger partial charge in [-0.2, -0.15) is 26.3 Å². The fraction of sp³-hybridized carbons (Fsp3) is 0.364. The highest BCUT2D eigenvalue weighted by atomic mass is 19.4. The maximum absolute atomic E-state index is 12.8. The van der Waals surface area contributed by atoms with Gasteiger partial charge in [0.25, 0.3) is 0 Å². The predicted molar refractivity (Wildman–Crippen MR) is 53.4 cm³/mol. The van der Waals surface area contributed by atoms with E-state index in [1.807, 2.05) is 5.32 Å². The van der Waals surface area contributed by atoms with Gasteiger partial charge in [-0.25, -0.2) is 0 Å². The first-order valence-corrected chi connectivity index (χ1v) is 5.21. The second-order valence-corrected chi connectivity index (χ2v) is 4.07. The summed E-state index contributed by atoms with van der Waals surface area (Å²) in [5.41, 5.74) is -4.34. The Morgan fingerprint density at radius 3 is 2.11 bits per heavy atom. The van der Waals surface area contributed by atoms with Crippen LogP contribution >= 0.6 is 0 Å². The zero-order valence-electron chi connectivity index (χ0n) is 9.24. The summed E-state index contributed by atoms with van der Waals surface area (Å²) in [6.07, 6.45) is -10.4. The minimum absolute atomic E-state index is 0.0115. The predicted octanol–water partition coefficient (Wildman–Crippen LogP) is 3.61. The van der Waals surface area contributed by atoms with Gasteiger partial charge in [-0.15, -0.1) is 0 Å². The van der Waals surface area contributed by atoms with Gasteiger partial charge in [0, 0.05) is 6.42 Å². The van der Waals surface area contributed by atoms with Gasteiger partial charge in [-0.3, -0.25) is 4.79 Å². The summed E-state index contributed by atoms with van der Waals surface area (Å²) in [7, 11) is 0. The van der Waals surface area contributed by atoms with Crippen molar-refractivity contribution in [2.75, 3.05) is 5.32 Å². The molecule has 0 unspecified atom stereocenters. The number of benzene rings is 1. The van der Waals surface area contributed by atoms with Crippen molar-refractivity contribution in [1.82, 2.24) is 0 Å². The number of nitrogens with one attached hydrogen (secondary N) is 1. The molecule has 1 heterocycles. The first-order valence-electron chi connectivity index (χ1n) is 5.21. The zero-order chi connectivity index (χ0) is 14.4. The first kappa shape index (κ1) is 13.7. The van der Waals surface area contributed by atoms with Crippen LogP contribution in [0.3, 0.4) is 0 Å². The molecule has 1 aromatic carbocycles. The number of fused-ring (bicyclic) bond motifs is 1. The van der Waals surface area contributed by atoms with Crippen molar-refractivity contribution in [1.29, 1.82) is 0 Å². The Morgan fingerprint density at radius 1 is 0.947 bits per heavy atom. The molecule has 0 aliphatic carbocycles. The van der Waals surface area contributed by atoms with Gasteiger partial charge in [0.2, 0.25) is 5.91 Å². The van der Waals surface area contributed by atoms with Crippen molar-refractivity contribution in [3.8, 4) is 0 Å². The number of hydrogen-bond donors (Lipinski definition) is 1. The summed E-state index contributed by atoms with van der Waals surface area (Å²) in [4.78, 5) is 11.1. The molecule has 1 aliphatic rings. The summed E-state index contributed by atoms with van der Waals surface area (Å²) >= 11 is 0. The molecule has 0 spiro atoms. The molecule has 1 aromatic rings. The van der Waals surface area contributed by atoms with Gasteiger partial charge in [0.1, 0.15) is 0 Å². The molecular formula is C11H7F6NO. The van der Waals surface area contributed by atoms with Crippen LogP contribution in [-0.4, -0.2) is 5.91 Å². The van der Waals surface area contributed by atoms with Gasteiger partial charge in [-0.05, 0) is 18.1 Å². The minimum Gasteiger partial charge on any atom is -0.325 e. The van der Waals surface area contributed by atoms with E-state index in [-0.39, 0.29) is 18.4 Å². The van der Waals surface area contributed by atoms with E-state index in [1.54, 1.807) is 0 Å². The molecule has 1 amide bonds. The molecule has 0 atom stereocenters. The van der Waals surface area contributed by atoms with E-state index in [1.165, 1.54) is 0 Å². The summed E-state index contributed by atoms with van der Waals surface area (Å²) < 4.78 is 76.4. The molecule has 2 nitrogen and oxygen atoms in total. The number of aryl methyl sites for hydroxylation is 1. The topological polar surface area (TPSA) is 29.1 Å². The fourth-order valence-electron chi connectivity index (χ4n) is 1.98. The van der Waals surface area contributed by atoms with Gasteiger partial charge < -0.3 is 5.32 Å². The maximum Gasteiger partial charge on any atom is 0.419 e. The van der Waals surface area contributed by atoms with Gasteiger partial charge in [0.05, 0.1) is 16.8 Å². The van der Waals surface area contributed by atoms with Crippen LogP contribution in [0, 0.1) is 0 Å². The lowest BCUT2D eigenvalue weighted by molar-refractivity contribution is -0.161. The molecule has 1 N–H and O–H groups in total. The molecule has 104 valence electrons. The lowest BCUT2D eigenvalue weighted by Crippen LogP contribution is -2.26. The lowest BCUT2D eigenvalue weighted by atomic mass is 9.94. The summed E-state index contributed by atoms with van der Waals surface area (Å²) in [6.45, 7) is 0. The van der Waals surface area contributed by atoms with Gasteiger partial charge in [0.15, 0.2) is 0 Å². The SMILES string of the molecule is O=C1CCc2ccc(C(F)(F)F)c(C(F)(F)F)c2N1. The third-order valence-electron chi connectivity index (χ3n) is 2.77. The van der Waals surface area contributed by atoms with E-state index in [0.717, 1.165) is 6.07 Å². The second-order valence-electron chi connectivity index (χ2n) is 4.07. The van der Waals surface area contributed by atoms with Crippen LogP contribution in [0.15, 0.2) is 12.1 Å². The van der Waals surface area contributed by atoms with Crippen molar-refractivity contribution in [2.24, 2.45) is 0 Å². The van der Waals surface area contributed by atoms with Crippen LogP contribution in [0.25, 0.3) is 0 Å². The van der Waals surface area contributed by atoms with Crippen LogP contribution in [0.2, 0.25) is 0 Å². The van der Waals surface area contributed by atoms with Crippen molar-refractivity contribution < 1.29 is 31.1 Å². The third kappa shape index (κ3) is 2.52. The molecule has 0 saturated carbocycles. The number of anilines is 1. The quantitative estimate of drug-likeness (QED) is 0.724. The molecule has 0 saturated heterocycles. The van der Waals surface area contributed by atoms with Crippen LogP contribution in [0.4, 0.5) is 32.0 Å². The molecule has 0 fully saturated rings. The molecular weight excluding hydrogens is 276 g/mol. The average Bonchev–Trinajstić information content (AvgIpc) is 2.24. The number of carbonyl (C=O) groups excluding carboxylic acids is 1. The molecule has 0 bridgehead atoms. The van der Waals surface area contributed by atoms with E-state index in [2.05, 4.69) is 0 Å². The molecule has 8 heteroatoms. The first-order chi connectivity index (χ1) is 8.60. The largest absolute Gasteiger partial charge is 0.419 e. The minimum atomic E-state index is -5.19. The molecule has 19 heavy (non-hydrogen) atoms. The van der Waals surface area contributed by atoms with Crippen LogP contribution in [-0.2, 0) is 23.6 Å². The van der Waals surface area contributed by atoms with E-state index in [0.29, 0.717) is 6.07 Å². The lowest BCUT2D eigenvalue weighted by Gasteiger charge is -2.24. The second kappa shape index (κ2) is 4.14. The highest BCUT2D eigenvalue weighted by Gasteiger charge is 2.46. The zero-order valence-corrected chi connectivity index (χ0v) is 9.24. The molecule has 0 radical (unpaired) electrons. The normalized spacial score (nSPS) is 16.0. The van der Waals surface area contributed by atoms with E-state index in [9.17, 15) is 31.1 Å². The Bertz CT molecular complexity index is 531. The monoisotopic (exact) mass is 283 g/mol. The summed E-state index contributed by atoms with van der Waals surface area (Å²) in [6, 6.07) is 1.37.